The molecule has 0 saturated heterocycles. The molecule has 1 heteroatoms. The van der Waals surface area contributed by atoms with Crippen LogP contribution >= 0.6 is 0 Å². The minimum atomic E-state index is 1.00. The predicted molar refractivity (Wildman–Crippen MR) is 99.9 cm³/mol. The number of aromatic nitrogens is 1. The van der Waals surface area contributed by atoms with E-state index >= 15 is 0 Å². The largest absolute Gasteiger partial charge is 0.361 e. The second-order valence-corrected chi connectivity index (χ2v) is 6.30. The zero-order valence-electron chi connectivity index (χ0n) is 13.3. The third-order valence-corrected chi connectivity index (χ3v) is 4.94. The summed E-state index contributed by atoms with van der Waals surface area (Å²) in [5.41, 5.74) is 10.7. The highest BCUT2D eigenvalue weighted by atomic mass is 14.7. The molecule has 24 heavy (non-hydrogen) atoms. The fourth-order valence-corrected chi connectivity index (χ4v) is 3.87. The average Bonchev–Trinajstić information content (AvgIpc) is 3.29. The van der Waals surface area contributed by atoms with Crippen molar-refractivity contribution in [1.82, 2.24) is 4.98 Å². The fraction of sp³-hybridized carbons (Fsp3) is 0.0435. The molecule has 4 aromatic rings. The van der Waals surface area contributed by atoms with Crippen LogP contribution in [0.2, 0.25) is 0 Å². The van der Waals surface area contributed by atoms with Crippen LogP contribution in [0.25, 0.3) is 33.5 Å². The van der Waals surface area contributed by atoms with Crippen LogP contribution in [0.15, 0.2) is 85.1 Å². The normalized spacial score (nSPS) is 12.0. The van der Waals surface area contributed by atoms with Gasteiger partial charge < -0.3 is 4.98 Å². The molecule has 0 bridgehead atoms. The Morgan fingerprint density at radius 2 is 1.42 bits per heavy atom. The van der Waals surface area contributed by atoms with E-state index in [0.29, 0.717) is 0 Å². The zero-order valence-corrected chi connectivity index (χ0v) is 13.3. The van der Waals surface area contributed by atoms with Crippen LogP contribution in [0, 0.1) is 0 Å². The Hall–Kier alpha value is -3.06. The van der Waals surface area contributed by atoms with Crippen LogP contribution in [-0.4, -0.2) is 4.98 Å². The van der Waals surface area contributed by atoms with E-state index in [9.17, 15) is 0 Å². The van der Waals surface area contributed by atoms with Crippen molar-refractivity contribution in [3.8, 4) is 33.5 Å². The first-order chi connectivity index (χ1) is 11.9. The molecule has 0 fully saturated rings. The van der Waals surface area contributed by atoms with E-state index in [1.807, 2.05) is 6.20 Å². The van der Waals surface area contributed by atoms with Gasteiger partial charge in [-0.15, -0.1) is 0 Å². The number of rotatable bonds is 2. The van der Waals surface area contributed by atoms with Crippen LogP contribution in [0.1, 0.15) is 11.1 Å². The highest BCUT2D eigenvalue weighted by Gasteiger charge is 2.24. The molecular weight excluding hydrogens is 290 g/mol. The van der Waals surface area contributed by atoms with Crippen LogP contribution in [0.3, 0.4) is 0 Å². The molecular formula is C23H17N. The van der Waals surface area contributed by atoms with Gasteiger partial charge in [0.2, 0.25) is 0 Å². The molecule has 0 aliphatic heterocycles. The maximum atomic E-state index is 3.38. The first kappa shape index (κ1) is 13.4. The van der Waals surface area contributed by atoms with Gasteiger partial charge in [-0.05, 0) is 51.9 Å². The molecule has 1 aromatic heterocycles. The summed E-state index contributed by atoms with van der Waals surface area (Å²) < 4.78 is 0. The Bertz CT molecular complexity index is 1010. The van der Waals surface area contributed by atoms with Crippen molar-refractivity contribution < 1.29 is 0 Å². The van der Waals surface area contributed by atoms with E-state index in [4.69, 9.17) is 0 Å². The van der Waals surface area contributed by atoms with Gasteiger partial charge in [0.05, 0.1) is 0 Å². The van der Waals surface area contributed by atoms with Gasteiger partial charge in [-0.2, -0.15) is 0 Å². The molecule has 0 atom stereocenters. The van der Waals surface area contributed by atoms with Crippen LogP contribution in [0.5, 0.6) is 0 Å². The van der Waals surface area contributed by atoms with Gasteiger partial charge in [-0.1, -0.05) is 66.7 Å². The molecule has 1 heterocycles. The molecule has 0 radical (unpaired) electrons. The van der Waals surface area contributed by atoms with Crippen molar-refractivity contribution in [2.75, 3.05) is 0 Å². The lowest BCUT2D eigenvalue weighted by Gasteiger charge is -2.15. The van der Waals surface area contributed by atoms with E-state index in [-0.39, 0.29) is 0 Å². The van der Waals surface area contributed by atoms with Gasteiger partial charge in [0.25, 0.3) is 0 Å². The van der Waals surface area contributed by atoms with Crippen molar-refractivity contribution in [3.05, 3.63) is 96.2 Å². The number of fused-ring (bicyclic) bond motifs is 3. The van der Waals surface area contributed by atoms with Crippen molar-refractivity contribution in [2.24, 2.45) is 0 Å². The first-order valence-corrected chi connectivity index (χ1v) is 8.35. The minimum Gasteiger partial charge on any atom is -0.361 e. The number of hydrogen-bond donors (Lipinski definition) is 1. The molecule has 0 unspecified atom stereocenters. The number of aromatic amines is 1. The van der Waals surface area contributed by atoms with E-state index in [0.717, 1.165) is 6.42 Å². The lowest BCUT2D eigenvalue weighted by atomic mass is 9.90. The summed E-state index contributed by atoms with van der Waals surface area (Å²) in [7, 11) is 0. The Morgan fingerprint density at radius 1 is 0.625 bits per heavy atom. The van der Waals surface area contributed by atoms with Gasteiger partial charge in [-0.3, -0.25) is 0 Å². The van der Waals surface area contributed by atoms with Crippen LogP contribution in [0.4, 0.5) is 0 Å². The zero-order chi connectivity index (χ0) is 15.9. The Kier molecular flexibility index (Phi) is 2.92. The smallest absolute Gasteiger partial charge is 0.0460 e. The highest BCUT2D eigenvalue weighted by Crippen LogP contribution is 2.45. The SMILES string of the molecule is c1ccc(-c2c(-c3ccc[nH]3)ccc3c2Cc2ccccc2-3)cc1. The number of nitrogens with one attached hydrogen (secondary N) is 1. The molecule has 0 spiro atoms. The molecule has 5 rings (SSSR count). The second-order valence-electron chi connectivity index (χ2n) is 6.30. The minimum absolute atomic E-state index is 1.00. The summed E-state index contributed by atoms with van der Waals surface area (Å²) in [4.78, 5) is 3.38. The van der Waals surface area contributed by atoms with Crippen LogP contribution in [-0.2, 0) is 6.42 Å². The van der Waals surface area contributed by atoms with E-state index in [1.165, 1.54) is 44.6 Å². The van der Waals surface area contributed by atoms with Crippen molar-refractivity contribution in [1.29, 1.82) is 0 Å². The van der Waals surface area contributed by atoms with Crippen molar-refractivity contribution in [2.45, 2.75) is 6.42 Å². The molecule has 1 aliphatic carbocycles. The number of benzene rings is 3. The fourth-order valence-electron chi connectivity index (χ4n) is 3.87. The van der Waals surface area contributed by atoms with Gasteiger partial charge in [0, 0.05) is 17.5 Å². The van der Waals surface area contributed by atoms with E-state index < -0.39 is 0 Å². The standard InChI is InChI=1S/C23H17N/c1-2-7-16(8-3-1)23-20(22-11-6-14-24-22)13-12-19-18-10-5-4-9-17(18)15-21(19)23/h1-14,24H,15H2. The van der Waals surface area contributed by atoms with Crippen LogP contribution < -0.4 is 0 Å². The summed E-state index contributed by atoms with van der Waals surface area (Å²) in [5.74, 6) is 0. The number of H-pyrrole nitrogens is 1. The van der Waals surface area contributed by atoms with Gasteiger partial charge in [0.1, 0.15) is 0 Å². The summed E-state index contributed by atoms with van der Waals surface area (Å²) in [6.07, 6.45) is 3.00. The topological polar surface area (TPSA) is 15.8 Å². The second kappa shape index (κ2) is 5.24. The predicted octanol–water partition coefficient (Wildman–Crippen LogP) is 5.92. The Balaban J connectivity index is 1.83. The molecule has 0 saturated carbocycles. The third-order valence-electron chi connectivity index (χ3n) is 4.94. The quantitative estimate of drug-likeness (QED) is 0.416. The lowest BCUT2D eigenvalue weighted by molar-refractivity contribution is 1.26. The van der Waals surface area contributed by atoms with Crippen molar-refractivity contribution >= 4 is 0 Å². The van der Waals surface area contributed by atoms with E-state index in [1.54, 1.807) is 0 Å². The summed E-state index contributed by atoms with van der Waals surface area (Å²) in [5, 5.41) is 0. The van der Waals surface area contributed by atoms with Gasteiger partial charge in [-0.25, -0.2) is 0 Å². The van der Waals surface area contributed by atoms with E-state index in [2.05, 4.69) is 83.8 Å². The monoisotopic (exact) mass is 307 g/mol. The maximum absolute atomic E-state index is 3.38. The molecule has 0 amide bonds. The first-order valence-electron chi connectivity index (χ1n) is 8.35. The Labute approximate surface area is 141 Å². The average molecular weight is 307 g/mol. The molecule has 114 valence electrons. The Morgan fingerprint density at radius 3 is 2.25 bits per heavy atom. The molecule has 3 aromatic carbocycles. The highest BCUT2D eigenvalue weighted by molar-refractivity contribution is 5.92. The van der Waals surface area contributed by atoms with Gasteiger partial charge in [0.15, 0.2) is 0 Å². The lowest BCUT2D eigenvalue weighted by Crippen LogP contribution is -1.93. The summed E-state index contributed by atoms with van der Waals surface area (Å²) in [6, 6.07) is 28.3. The molecule has 1 N–H and O–H groups in total. The van der Waals surface area contributed by atoms with Crippen molar-refractivity contribution in [3.63, 3.8) is 0 Å². The summed E-state index contributed by atoms with van der Waals surface area (Å²) in [6.45, 7) is 0. The summed E-state index contributed by atoms with van der Waals surface area (Å²) >= 11 is 0. The number of hydrogen-bond acceptors (Lipinski definition) is 0. The van der Waals surface area contributed by atoms with Gasteiger partial charge >= 0.3 is 0 Å². The maximum Gasteiger partial charge on any atom is 0.0460 e. The molecule has 1 nitrogen and oxygen atoms in total. The third kappa shape index (κ3) is 1.95. The molecule has 1 aliphatic rings.